The Morgan fingerprint density at radius 1 is 1.00 bits per heavy atom. The van der Waals surface area contributed by atoms with Crippen LogP contribution in [0.3, 0.4) is 0 Å². The highest BCUT2D eigenvalue weighted by Crippen LogP contribution is 2.41. The van der Waals surface area contributed by atoms with E-state index in [2.05, 4.69) is 0 Å². The van der Waals surface area contributed by atoms with Gasteiger partial charge in [0.2, 0.25) is 5.91 Å². The van der Waals surface area contributed by atoms with Gasteiger partial charge in [-0.3, -0.25) is 4.79 Å². The maximum absolute atomic E-state index is 12.7. The summed E-state index contributed by atoms with van der Waals surface area (Å²) in [6, 6.07) is 0. The Labute approximate surface area is 150 Å². The quantitative estimate of drug-likeness (QED) is 0.787. The molecule has 1 aliphatic carbocycles. The van der Waals surface area contributed by atoms with Crippen molar-refractivity contribution in [3.8, 4) is 0 Å². The lowest BCUT2D eigenvalue weighted by Gasteiger charge is -2.53. The minimum absolute atomic E-state index is 0.0945. The Balaban J connectivity index is 1.44. The summed E-state index contributed by atoms with van der Waals surface area (Å²) in [5.41, 5.74) is -0.278. The largest absolute Gasteiger partial charge is 0.444 e. The van der Waals surface area contributed by atoms with E-state index >= 15 is 0 Å². The van der Waals surface area contributed by atoms with E-state index < -0.39 is 5.60 Å². The van der Waals surface area contributed by atoms with E-state index in [1.54, 1.807) is 4.90 Å². The summed E-state index contributed by atoms with van der Waals surface area (Å²) < 4.78 is 5.42. The zero-order chi connectivity index (χ0) is 18.2. The standard InChI is InChI=1S/C19H32N2O4/c1-18(2,3)25-17(24)21-12-19(13-21)8-10-20(11-9-19)16(23)14-4-6-15(22)7-5-14/h14-15,22H,4-13H2,1-3H3. The summed E-state index contributed by atoms with van der Waals surface area (Å²) in [6.07, 6.45) is 4.61. The van der Waals surface area contributed by atoms with Crippen molar-refractivity contribution in [3.63, 3.8) is 0 Å². The van der Waals surface area contributed by atoms with Gasteiger partial charge in [0.15, 0.2) is 0 Å². The number of carbonyl (C=O) groups excluding carboxylic acids is 2. The minimum Gasteiger partial charge on any atom is -0.444 e. The molecule has 1 N–H and O–H groups in total. The number of aliphatic hydroxyl groups excluding tert-OH is 1. The first-order valence-electron chi connectivity index (χ1n) is 9.62. The highest BCUT2D eigenvalue weighted by molar-refractivity contribution is 5.79. The number of hydrogen-bond donors (Lipinski definition) is 1. The molecule has 3 fully saturated rings. The molecule has 0 aromatic heterocycles. The fourth-order valence-corrected chi connectivity index (χ4v) is 4.32. The first-order chi connectivity index (χ1) is 11.7. The molecule has 0 aromatic carbocycles. The summed E-state index contributed by atoms with van der Waals surface area (Å²) in [6.45, 7) is 8.73. The van der Waals surface area contributed by atoms with Crippen molar-refractivity contribution in [2.45, 2.75) is 71.0 Å². The van der Waals surface area contributed by atoms with Crippen LogP contribution in [-0.2, 0) is 9.53 Å². The lowest BCUT2D eigenvalue weighted by molar-refractivity contribution is -0.142. The number of nitrogens with zero attached hydrogens (tertiary/aromatic N) is 2. The van der Waals surface area contributed by atoms with Crippen molar-refractivity contribution in [2.24, 2.45) is 11.3 Å². The zero-order valence-electron chi connectivity index (χ0n) is 15.8. The molecule has 0 unspecified atom stereocenters. The number of hydrogen-bond acceptors (Lipinski definition) is 4. The van der Waals surface area contributed by atoms with Gasteiger partial charge < -0.3 is 19.6 Å². The van der Waals surface area contributed by atoms with E-state index in [0.29, 0.717) is 0 Å². The molecular weight excluding hydrogens is 320 g/mol. The number of rotatable bonds is 1. The molecule has 2 saturated heterocycles. The van der Waals surface area contributed by atoms with E-state index in [0.717, 1.165) is 64.7 Å². The lowest BCUT2D eigenvalue weighted by atomic mass is 9.72. The monoisotopic (exact) mass is 352 g/mol. The van der Waals surface area contributed by atoms with E-state index in [-0.39, 0.29) is 29.4 Å². The van der Waals surface area contributed by atoms with E-state index in [9.17, 15) is 14.7 Å². The molecule has 1 saturated carbocycles. The van der Waals surface area contributed by atoms with Gasteiger partial charge in [-0.2, -0.15) is 0 Å². The van der Waals surface area contributed by atoms with Gasteiger partial charge >= 0.3 is 6.09 Å². The molecule has 1 spiro atoms. The third-order valence-electron chi connectivity index (χ3n) is 5.89. The summed E-state index contributed by atoms with van der Waals surface area (Å²) in [7, 11) is 0. The number of amides is 2. The van der Waals surface area contributed by atoms with Gasteiger partial charge in [-0.25, -0.2) is 4.79 Å². The molecule has 142 valence electrons. The molecule has 2 aliphatic heterocycles. The Bertz CT molecular complexity index is 504. The SMILES string of the molecule is CC(C)(C)OC(=O)N1CC2(CCN(C(=O)C3CCC(O)CC3)CC2)C1. The molecule has 0 aromatic rings. The lowest BCUT2D eigenvalue weighted by Crippen LogP contribution is -2.63. The van der Waals surface area contributed by atoms with Gasteiger partial charge in [0, 0.05) is 37.5 Å². The topological polar surface area (TPSA) is 70.1 Å². The predicted molar refractivity (Wildman–Crippen MR) is 94.0 cm³/mol. The molecule has 0 bridgehead atoms. The highest BCUT2D eigenvalue weighted by Gasteiger charge is 2.48. The number of ether oxygens (including phenoxy) is 1. The van der Waals surface area contributed by atoms with Crippen LogP contribution in [0.4, 0.5) is 4.79 Å². The van der Waals surface area contributed by atoms with Gasteiger partial charge in [0.1, 0.15) is 5.60 Å². The minimum atomic E-state index is -0.455. The molecule has 3 rings (SSSR count). The predicted octanol–water partition coefficient (Wildman–Crippen LogP) is 2.40. The van der Waals surface area contributed by atoms with Crippen LogP contribution in [0.1, 0.15) is 59.3 Å². The van der Waals surface area contributed by atoms with Crippen LogP contribution >= 0.6 is 0 Å². The molecule has 2 heterocycles. The van der Waals surface area contributed by atoms with Gasteiger partial charge in [0.25, 0.3) is 0 Å². The van der Waals surface area contributed by atoms with Crippen LogP contribution in [0.2, 0.25) is 0 Å². The number of likely N-dealkylation sites (tertiary alicyclic amines) is 2. The molecule has 3 aliphatic rings. The second kappa shape index (κ2) is 6.78. The van der Waals surface area contributed by atoms with Crippen LogP contribution < -0.4 is 0 Å². The first kappa shape index (κ1) is 18.5. The molecular formula is C19H32N2O4. The highest BCUT2D eigenvalue weighted by atomic mass is 16.6. The van der Waals surface area contributed by atoms with Crippen molar-refractivity contribution in [2.75, 3.05) is 26.2 Å². The van der Waals surface area contributed by atoms with Crippen molar-refractivity contribution < 1.29 is 19.4 Å². The second-order valence-corrected chi connectivity index (χ2v) is 9.17. The van der Waals surface area contributed by atoms with Crippen molar-refractivity contribution in [1.82, 2.24) is 9.80 Å². The van der Waals surface area contributed by atoms with E-state index in [1.807, 2.05) is 25.7 Å². The fraction of sp³-hybridized carbons (Fsp3) is 0.895. The first-order valence-corrected chi connectivity index (χ1v) is 9.62. The van der Waals surface area contributed by atoms with E-state index in [4.69, 9.17) is 4.74 Å². The van der Waals surface area contributed by atoms with Crippen LogP contribution in [0.15, 0.2) is 0 Å². The smallest absolute Gasteiger partial charge is 0.410 e. The zero-order valence-corrected chi connectivity index (χ0v) is 15.8. The Hall–Kier alpha value is -1.30. The van der Waals surface area contributed by atoms with Gasteiger partial charge in [0.05, 0.1) is 6.10 Å². The summed E-state index contributed by atoms with van der Waals surface area (Å²) in [5.74, 6) is 0.363. The van der Waals surface area contributed by atoms with Gasteiger partial charge in [-0.15, -0.1) is 0 Å². The summed E-state index contributed by atoms with van der Waals surface area (Å²) in [5, 5.41) is 9.60. The third kappa shape index (κ3) is 4.27. The van der Waals surface area contributed by atoms with Gasteiger partial charge in [-0.05, 0) is 59.3 Å². The second-order valence-electron chi connectivity index (χ2n) is 9.17. The maximum Gasteiger partial charge on any atom is 0.410 e. The third-order valence-corrected chi connectivity index (χ3v) is 5.89. The Morgan fingerprint density at radius 2 is 1.56 bits per heavy atom. The van der Waals surface area contributed by atoms with Crippen molar-refractivity contribution in [1.29, 1.82) is 0 Å². The molecule has 6 heteroatoms. The molecule has 0 atom stereocenters. The average Bonchev–Trinajstić information content (AvgIpc) is 2.51. The molecule has 2 amide bonds. The van der Waals surface area contributed by atoms with Crippen molar-refractivity contribution >= 4 is 12.0 Å². The number of carbonyl (C=O) groups is 2. The van der Waals surface area contributed by atoms with Crippen LogP contribution in [-0.4, -0.2) is 64.8 Å². The fourth-order valence-electron chi connectivity index (χ4n) is 4.32. The average molecular weight is 352 g/mol. The summed E-state index contributed by atoms with van der Waals surface area (Å²) in [4.78, 5) is 28.5. The Morgan fingerprint density at radius 3 is 2.08 bits per heavy atom. The molecule has 6 nitrogen and oxygen atoms in total. The van der Waals surface area contributed by atoms with Crippen molar-refractivity contribution in [3.05, 3.63) is 0 Å². The van der Waals surface area contributed by atoms with Crippen LogP contribution in [0.25, 0.3) is 0 Å². The van der Waals surface area contributed by atoms with Crippen LogP contribution in [0, 0.1) is 11.3 Å². The van der Waals surface area contributed by atoms with Crippen LogP contribution in [0.5, 0.6) is 0 Å². The van der Waals surface area contributed by atoms with E-state index in [1.165, 1.54) is 0 Å². The molecule has 0 radical (unpaired) electrons. The maximum atomic E-state index is 12.7. The normalized spacial score (nSPS) is 29.3. The number of piperidine rings is 1. The number of aliphatic hydroxyl groups is 1. The van der Waals surface area contributed by atoms with Gasteiger partial charge in [-0.1, -0.05) is 0 Å². The Kier molecular flexibility index (Phi) is 5.02. The summed E-state index contributed by atoms with van der Waals surface area (Å²) >= 11 is 0. The molecule has 25 heavy (non-hydrogen) atoms.